The third-order valence-corrected chi connectivity index (χ3v) is 8.56. The molecule has 2 aliphatic heterocycles. The maximum atomic E-state index is 14.8. The van der Waals surface area contributed by atoms with Crippen molar-refractivity contribution in [3.05, 3.63) is 75.5 Å². The van der Waals surface area contributed by atoms with Crippen molar-refractivity contribution < 1.29 is 4.39 Å². The van der Waals surface area contributed by atoms with E-state index in [4.69, 9.17) is 21.8 Å². The van der Waals surface area contributed by atoms with E-state index in [1.807, 2.05) is 24.7 Å². The predicted octanol–water partition coefficient (Wildman–Crippen LogP) is 5.98. The molecule has 2 aliphatic rings. The number of aryl methyl sites for hydroxylation is 3. The minimum Gasteiger partial charge on any atom is -0.387 e. The van der Waals surface area contributed by atoms with Crippen molar-refractivity contribution in [2.24, 2.45) is 0 Å². The molecule has 0 saturated heterocycles. The standard InChI is InChI=1S/C30H35ClFN7/c1-5-21-23(32)9-8-20-14-18(2)15-25(27(20)21)37-13-10-22-24(16-37)34-35-30(22)38-11-6-7-12-39-26(17-38)28(31)29(36-39)19(3)33-4/h8-9,14-15,33H,3,5-7,10-13,16-17H2,1-2,4H3,(H,34,35). The Morgan fingerprint density at radius 2 is 1.97 bits per heavy atom. The van der Waals surface area contributed by atoms with Crippen molar-refractivity contribution in [2.45, 2.75) is 59.2 Å². The highest BCUT2D eigenvalue weighted by molar-refractivity contribution is 6.32. The lowest BCUT2D eigenvalue weighted by Crippen LogP contribution is -2.33. The molecule has 2 aromatic heterocycles. The summed E-state index contributed by atoms with van der Waals surface area (Å²) in [6.07, 6.45) is 3.58. The quantitative estimate of drug-likeness (QED) is 0.322. The predicted molar refractivity (Wildman–Crippen MR) is 157 cm³/mol. The van der Waals surface area contributed by atoms with Crippen LogP contribution in [0.15, 0.2) is 30.8 Å². The number of anilines is 2. The summed E-state index contributed by atoms with van der Waals surface area (Å²) in [6, 6.07) is 7.84. The van der Waals surface area contributed by atoms with Gasteiger partial charge in [0.2, 0.25) is 0 Å². The van der Waals surface area contributed by atoms with Crippen molar-refractivity contribution in [1.82, 2.24) is 25.3 Å². The van der Waals surface area contributed by atoms with Crippen molar-refractivity contribution >= 4 is 39.6 Å². The highest BCUT2D eigenvalue weighted by Gasteiger charge is 2.29. The molecule has 0 unspecified atom stereocenters. The number of fused-ring (bicyclic) bond motifs is 3. The third kappa shape index (κ3) is 4.44. The Bertz CT molecular complexity index is 1570. The first-order chi connectivity index (χ1) is 18.9. The van der Waals surface area contributed by atoms with E-state index in [1.165, 1.54) is 11.1 Å². The summed E-state index contributed by atoms with van der Waals surface area (Å²) in [6.45, 7) is 12.1. The molecule has 4 heterocycles. The fraction of sp³-hybridized carbons (Fsp3) is 0.400. The zero-order valence-electron chi connectivity index (χ0n) is 22.9. The molecule has 0 fully saturated rings. The largest absolute Gasteiger partial charge is 0.387 e. The van der Waals surface area contributed by atoms with Crippen LogP contribution in [-0.2, 0) is 32.5 Å². The minimum atomic E-state index is -0.131. The number of benzene rings is 2. The van der Waals surface area contributed by atoms with Gasteiger partial charge in [-0.15, -0.1) is 0 Å². The van der Waals surface area contributed by atoms with Gasteiger partial charge in [0.1, 0.15) is 11.5 Å². The first-order valence-corrected chi connectivity index (χ1v) is 14.2. The number of hydrogen-bond donors (Lipinski definition) is 2. The van der Waals surface area contributed by atoms with Crippen LogP contribution in [0.3, 0.4) is 0 Å². The Balaban J connectivity index is 1.33. The van der Waals surface area contributed by atoms with Crippen molar-refractivity contribution in [3.63, 3.8) is 0 Å². The smallest absolute Gasteiger partial charge is 0.154 e. The molecule has 0 spiro atoms. The molecule has 0 bridgehead atoms. The Morgan fingerprint density at radius 3 is 2.77 bits per heavy atom. The summed E-state index contributed by atoms with van der Waals surface area (Å²) in [7, 11) is 1.83. The molecule has 9 heteroatoms. The molecule has 0 aliphatic carbocycles. The van der Waals surface area contributed by atoms with E-state index in [1.54, 1.807) is 6.07 Å². The summed E-state index contributed by atoms with van der Waals surface area (Å²) in [5.41, 5.74) is 7.87. The lowest BCUT2D eigenvalue weighted by Gasteiger charge is -2.32. The van der Waals surface area contributed by atoms with Crippen molar-refractivity contribution in [1.29, 1.82) is 0 Å². The van der Waals surface area contributed by atoms with Gasteiger partial charge in [-0.3, -0.25) is 9.78 Å². The molecule has 39 heavy (non-hydrogen) atoms. The summed E-state index contributed by atoms with van der Waals surface area (Å²) in [5.74, 6) is 0.867. The zero-order valence-corrected chi connectivity index (χ0v) is 23.6. The van der Waals surface area contributed by atoms with Crippen molar-refractivity contribution in [3.8, 4) is 0 Å². The number of nitrogens with one attached hydrogen (secondary N) is 2. The molecular weight excluding hydrogens is 513 g/mol. The molecular formula is C30H35ClFN7. The molecule has 2 aromatic carbocycles. The summed E-state index contributed by atoms with van der Waals surface area (Å²) in [4.78, 5) is 4.70. The Kier molecular flexibility index (Phi) is 6.75. The van der Waals surface area contributed by atoms with Crippen LogP contribution >= 0.6 is 11.6 Å². The van der Waals surface area contributed by atoms with Crippen LogP contribution in [0.2, 0.25) is 5.02 Å². The first kappa shape index (κ1) is 25.7. The number of rotatable bonds is 5. The lowest BCUT2D eigenvalue weighted by atomic mass is 9.96. The Morgan fingerprint density at radius 1 is 1.15 bits per heavy atom. The molecule has 204 valence electrons. The van der Waals surface area contributed by atoms with E-state index in [0.29, 0.717) is 30.2 Å². The number of H-pyrrole nitrogens is 1. The van der Waals surface area contributed by atoms with E-state index in [2.05, 4.69) is 45.9 Å². The topological polar surface area (TPSA) is 65.0 Å². The van der Waals surface area contributed by atoms with Gasteiger partial charge in [0, 0.05) is 43.3 Å². The number of nitrogens with zero attached hydrogens (tertiary/aromatic N) is 5. The average Bonchev–Trinajstić information content (AvgIpc) is 3.47. The fourth-order valence-electron chi connectivity index (χ4n) is 6.13. The van der Waals surface area contributed by atoms with Gasteiger partial charge in [-0.05, 0) is 61.3 Å². The van der Waals surface area contributed by atoms with E-state index < -0.39 is 0 Å². The molecule has 0 atom stereocenters. The third-order valence-electron chi connectivity index (χ3n) is 8.17. The van der Waals surface area contributed by atoms with Crippen molar-refractivity contribution in [2.75, 3.05) is 29.9 Å². The maximum absolute atomic E-state index is 14.8. The number of aromatic nitrogens is 4. The average molecular weight is 548 g/mol. The number of halogens is 2. The molecule has 4 aromatic rings. The SMILES string of the molecule is C=C(NC)c1nn2c(c1Cl)CN(c1n[nH]c3c1CCN(c1cc(C)cc4ccc(F)c(CC)c14)C3)CCCC2. The lowest BCUT2D eigenvalue weighted by molar-refractivity contribution is 0.501. The van der Waals surface area contributed by atoms with Crippen LogP contribution in [0.5, 0.6) is 0 Å². The Hall–Kier alpha value is -3.52. The normalized spacial score (nSPS) is 15.6. The van der Waals surface area contributed by atoms with E-state index in [-0.39, 0.29) is 5.82 Å². The van der Waals surface area contributed by atoms with Gasteiger partial charge < -0.3 is 15.1 Å². The zero-order chi connectivity index (χ0) is 27.3. The van der Waals surface area contributed by atoms with Gasteiger partial charge in [-0.1, -0.05) is 37.2 Å². The van der Waals surface area contributed by atoms with Gasteiger partial charge in [0.25, 0.3) is 0 Å². The highest BCUT2D eigenvalue weighted by atomic mass is 35.5. The number of hydrogen-bond acceptors (Lipinski definition) is 5. The van der Waals surface area contributed by atoms with Gasteiger partial charge in [-0.2, -0.15) is 10.2 Å². The monoisotopic (exact) mass is 547 g/mol. The molecule has 0 radical (unpaired) electrons. The van der Waals surface area contributed by atoms with Crippen LogP contribution in [-0.4, -0.2) is 40.1 Å². The van der Waals surface area contributed by atoms with E-state index >= 15 is 0 Å². The van der Waals surface area contributed by atoms with Gasteiger partial charge in [0.05, 0.1) is 35.2 Å². The summed E-state index contributed by atoms with van der Waals surface area (Å²) in [5, 5.41) is 18.8. The highest BCUT2D eigenvalue weighted by Crippen LogP contribution is 2.38. The molecule has 2 N–H and O–H groups in total. The fourth-order valence-corrected chi connectivity index (χ4v) is 6.44. The van der Waals surface area contributed by atoms with Crippen LogP contribution in [0.4, 0.5) is 15.9 Å². The van der Waals surface area contributed by atoms with Gasteiger partial charge >= 0.3 is 0 Å². The number of aromatic amines is 1. The summed E-state index contributed by atoms with van der Waals surface area (Å²) >= 11 is 6.82. The first-order valence-electron chi connectivity index (χ1n) is 13.8. The van der Waals surface area contributed by atoms with E-state index in [9.17, 15) is 4.39 Å². The van der Waals surface area contributed by atoms with Crippen LogP contribution in [0, 0.1) is 12.7 Å². The molecule has 7 nitrogen and oxygen atoms in total. The molecule has 0 amide bonds. The molecule has 0 saturated carbocycles. The summed E-state index contributed by atoms with van der Waals surface area (Å²) < 4.78 is 16.8. The van der Waals surface area contributed by atoms with Crippen LogP contribution < -0.4 is 15.1 Å². The van der Waals surface area contributed by atoms with Crippen LogP contribution in [0.1, 0.15) is 53.5 Å². The van der Waals surface area contributed by atoms with E-state index in [0.717, 1.165) is 83.8 Å². The second-order valence-electron chi connectivity index (χ2n) is 10.6. The van der Waals surface area contributed by atoms with Crippen LogP contribution in [0.25, 0.3) is 16.5 Å². The second kappa shape index (κ2) is 10.2. The van der Waals surface area contributed by atoms with Gasteiger partial charge in [0.15, 0.2) is 5.82 Å². The Labute approximate surface area is 233 Å². The minimum absolute atomic E-state index is 0.131. The maximum Gasteiger partial charge on any atom is 0.154 e. The molecule has 6 rings (SSSR count). The van der Waals surface area contributed by atoms with Gasteiger partial charge in [-0.25, -0.2) is 4.39 Å². The second-order valence-corrected chi connectivity index (χ2v) is 11.0.